The molecule has 0 aliphatic carbocycles. The van der Waals surface area contributed by atoms with Crippen molar-refractivity contribution in [2.45, 2.75) is 26.0 Å². The van der Waals surface area contributed by atoms with Gasteiger partial charge in [-0.05, 0) is 43.6 Å². The summed E-state index contributed by atoms with van der Waals surface area (Å²) in [6.45, 7) is 4.45. The zero-order chi connectivity index (χ0) is 16.8. The van der Waals surface area contributed by atoms with E-state index >= 15 is 0 Å². The van der Waals surface area contributed by atoms with E-state index in [1.54, 1.807) is 0 Å². The highest BCUT2D eigenvalue weighted by molar-refractivity contribution is 5.95. The first-order chi connectivity index (χ1) is 11.7. The molecule has 0 radical (unpaired) electrons. The van der Waals surface area contributed by atoms with E-state index in [1.165, 1.54) is 0 Å². The van der Waals surface area contributed by atoms with Crippen LogP contribution >= 0.6 is 12.4 Å². The first-order valence-electron chi connectivity index (χ1n) is 8.51. The minimum atomic E-state index is -0.0130. The van der Waals surface area contributed by atoms with Crippen molar-refractivity contribution in [3.63, 3.8) is 0 Å². The molecule has 1 fully saturated rings. The molecule has 2 aromatic carbocycles. The van der Waals surface area contributed by atoms with Gasteiger partial charge in [-0.3, -0.25) is 4.79 Å². The minimum Gasteiger partial charge on any atom is -0.489 e. The van der Waals surface area contributed by atoms with Crippen molar-refractivity contribution in [2.24, 2.45) is 5.92 Å². The van der Waals surface area contributed by atoms with Crippen LogP contribution in [0.5, 0.6) is 5.75 Å². The maximum absolute atomic E-state index is 12.7. The molecule has 4 nitrogen and oxygen atoms in total. The number of benzene rings is 2. The van der Waals surface area contributed by atoms with Gasteiger partial charge in [0.05, 0.1) is 0 Å². The maximum Gasteiger partial charge on any atom is 0.251 e. The monoisotopic (exact) mass is 360 g/mol. The summed E-state index contributed by atoms with van der Waals surface area (Å²) in [5.74, 6) is 1.23. The molecule has 0 bridgehead atoms. The molecular formula is C20H25ClN2O2. The number of piperidine rings is 1. The van der Waals surface area contributed by atoms with Crippen LogP contribution in [0.2, 0.25) is 0 Å². The van der Waals surface area contributed by atoms with Crippen molar-refractivity contribution in [3.05, 3.63) is 65.7 Å². The Bertz CT molecular complexity index is 678. The highest BCUT2D eigenvalue weighted by atomic mass is 35.5. The fraction of sp³-hybridized carbons (Fsp3) is 0.350. The fourth-order valence-corrected chi connectivity index (χ4v) is 3.02. The largest absolute Gasteiger partial charge is 0.489 e. The predicted octanol–water partition coefficient (Wildman–Crippen LogP) is 3.42. The van der Waals surface area contributed by atoms with Crippen LogP contribution in [-0.2, 0) is 6.61 Å². The lowest BCUT2D eigenvalue weighted by Gasteiger charge is -2.30. The number of ether oxygens (including phenoxy) is 1. The van der Waals surface area contributed by atoms with E-state index in [4.69, 9.17) is 4.74 Å². The summed E-state index contributed by atoms with van der Waals surface area (Å²) in [4.78, 5) is 12.7. The zero-order valence-electron chi connectivity index (χ0n) is 14.4. The SMILES string of the molecule is CC1CNCCC1NC(=O)c1ccccc1COc1ccccc1.Cl. The number of rotatable bonds is 5. The summed E-state index contributed by atoms with van der Waals surface area (Å²) in [7, 11) is 0. The van der Waals surface area contributed by atoms with Crippen molar-refractivity contribution in [2.75, 3.05) is 13.1 Å². The van der Waals surface area contributed by atoms with Crippen LogP contribution in [0.4, 0.5) is 0 Å². The van der Waals surface area contributed by atoms with Gasteiger partial charge >= 0.3 is 0 Å². The third-order valence-corrected chi connectivity index (χ3v) is 4.50. The Labute approximate surface area is 155 Å². The van der Waals surface area contributed by atoms with Crippen LogP contribution in [0.1, 0.15) is 29.3 Å². The first kappa shape index (κ1) is 19.3. The Kier molecular flexibility index (Phi) is 7.29. The van der Waals surface area contributed by atoms with Gasteiger partial charge in [-0.1, -0.05) is 43.3 Å². The second kappa shape index (κ2) is 9.44. The average molecular weight is 361 g/mol. The molecule has 0 saturated carbocycles. The predicted molar refractivity (Wildman–Crippen MR) is 102 cm³/mol. The molecule has 1 aliphatic rings. The summed E-state index contributed by atoms with van der Waals surface area (Å²) in [6.07, 6.45) is 0.968. The second-order valence-corrected chi connectivity index (χ2v) is 6.31. The first-order valence-corrected chi connectivity index (χ1v) is 8.51. The Balaban J connectivity index is 0.00000225. The van der Waals surface area contributed by atoms with Gasteiger partial charge in [0.1, 0.15) is 12.4 Å². The number of carbonyl (C=O) groups excluding carboxylic acids is 1. The van der Waals surface area contributed by atoms with Crippen molar-refractivity contribution in [1.29, 1.82) is 0 Å². The molecule has 0 aromatic heterocycles. The summed E-state index contributed by atoms with van der Waals surface area (Å²) >= 11 is 0. The lowest BCUT2D eigenvalue weighted by molar-refractivity contribution is 0.0911. The zero-order valence-corrected chi connectivity index (χ0v) is 15.2. The molecule has 3 rings (SSSR count). The third-order valence-electron chi connectivity index (χ3n) is 4.50. The summed E-state index contributed by atoms with van der Waals surface area (Å²) in [5.41, 5.74) is 1.60. The summed E-state index contributed by atoms with van der Waals surface area (Å²) in [6, 6.07) is 17.5. The van der Waals surface area contributed by atoms with Crippen LogP contribution in [0.3, 0.4) is 0 Å². The van der Waals surface area contributed by atoms with Crippen LogP contribution < -0.4 is 15.4 Å². The van der Waals surface area contributed by atoms with Gasteiger partial charge in [0.15, 0.2) is 0 Å². The number of amides is 1. The maximum atomic E-state index is 12.7. The molecule has 2 N–H and O–H groups in total. The van der Waals surface area contributed by atoms with E-state index in [0.29, 0.717) is 18.1 Å². The van der Waals surface area contributed by atoms with Crippen LogP contribution in [-0.4, -0.2) is 25.0 Å². The molecule has 134 valence electrons. The molecule has 2 atom stereocenters. The van der Waals surface area contributed by atoms with Crippen LogP contribution in [0, 0.1) is 5.92 Å². The Morgan fingerprint density at radius 2 is 1.88 bits per heavy atom. The van der Waals surface area contributed by atoms with Crippen molar-refractivity contribution in [1.82, 2.24) is 10.6 Å². The van der Waals surface area contributed by atoms with E-state index in [9.17, 15) is 4.79 Å². The third kappa shape index (κ3) is 5.21. The average Bonchev–Trinajstić information content (AvgIpc) is 2.63. The number of halogens is 1. The quantitative estimate of drug-likeness (QED) is 0.859. The van der Waals surface area contributed by atoms with Crippen molar-refractivity contribution >= 4 is 18.3 Å². The van der Waals surface area contributed by atoms with Crippen molar-refractivity contribution in [3.8, 4) is 5.75 Å². The smallest absolute Gasteiger partial charge is 0.251 e. The lowest BCUT2D eigenvalue weighted by Crippen LogP contribution is -2.48. The van der Waals surface area contributed by atoms with Gasteiger partial charge in [-0.2, -0.15) is 0 Å². The Hall–Kier alpha value is -2.04. The normalized spacial score (nSPS) is 19.6. The lowest BCUT2D eigenvalue weighted by atomic mass is 9.94. The second-order valence-electron chi connectivity index (χ2n) is 6.31. The van der Waals surface area contributed by atoms with Gasteiger partial charge < -0.3 is 15.4 Å². The Morgan fingerprint density at radius 3 is 2.64 bits per heavy atom. The van der Waals surface area contributed by atoms with Crippen LogP contribution in [0.15, 0.2) is 54.6 Å². The van der Waals surface area contributed by atoms with Crippen molar-refractivity contribution < 1.29 is 9.53 Å². The summed E-state index contributed by atoms with van der Waals surface area (Å²) in [5, 5.41) is 6.55. The molecule has 0 spiro atoms. The van der Waals surface area contributed by atoms with E-state index < -0.39 is 0 Å². The van der Waals surface area contributed by atoms with E-state index in [-0.39, 0.29) is 24.4 Å². The molecule has 5 heteroatoms. The van der Waals surface area contributed by atoms with E-state index in [0.717, 1.165) is 30.8 Å². The van der Waals surface area contributed by atoms with Gasteiger partial charge in [-0.15, -0.1) is 12.4 Å². The molecular weight excluding hydrogens is 336 g/mol. The highest BCUT2D eigenvalue weighted by Crippen LogP contribution is 2.16. The molecule has 1 heterocycles. The van der Waals surface area contributed by atoms with Crippen LogP contribution in [0.25, 0.3) is 0 Å². The molecule has 2 unspecified atom stereocenters. The number of carbonyl (C=O) groups is 1. The molecule has 25 heavy (non-hydrogen) atoms. The number of nitrogens with one attached hydrogen (secondary N) is 2. The molecule has 1 saturated heterocycles. The van der Waals surface area contributed by atoms with E-state index in [2.05, 4.69) is 17.6 Å². The van der Waals surface area contributed by atoms with Gasteiger partial charge in [-0.25, -0.2) is 0 Å². The minimum absolute atomic E-state index is 0. The number of hydrogen-bond acceptors (Lipinski definition) is 3. The topological polar surface area (TPSA) is 50.4 Å². The van der Waals surface area contributed by atoms with Gasteiger partial charge in [0.2, 0.25) is 0 Å². The molecule has 1 amide bonds. The Morgan fingerprint density at radius 1 is 1.16 bits per heavy atom. The van der Waals surface area contributed by atoms with E-state index in [1.807, 2.05) is 54.6 Å². The van der Waals surface area contributed by atoms with Gasteiger partial charge in [0, 0.05) is 17.2 Å². The summed E-state index contributed by atoms with van der Waals surface area (Å²) < 4.78 is 5.80. The standard InChI is InChI=1S/C20H24N2O2.ClH/c1-15-13-21-12-11-19(15)22-20(23)18-10-6-5-7-16(18)14-24-17-8-3-2-4-9-17;/h2-10,15,19,21H,11-14H2,1H3,(H,22,23);1H. The fourth-order valence-electron chi connectivity index (χ4n) is 3.02. The highest BCUT2D eigenvalue weighted by Gasteiger charge is 2.23. The number of hydrogen-bond donors (Lipinski definition) is 2. The van der Waals surface area contributed by atoms with Gasteiger partial charge in [0.25, 0.3) is 5.91 Å². The molecule has 1 aliphatic heterocycles. The number of para-hydroxylation sites is 1. The molecule has 2 aromatic rings.